The Labute approximate surface area is 148 Å². The van der Waals surface area contributed by atoms with Crippen molar-refractivity contribution in [1.82, 2.24) is 10.2 Å². The molecule has 25 heavy (non-hydrogen) atoms. The summed E-state index contributed by atoms with van der Waals surface area (Å²) in [6.07, 6.45) is 1.58. The van der Waals surface area contributed by atoms with E-state index in [9.17, 15) is 22.0 Å². The van der Waals surface area contributed by atoms with E-state index in [2.05, 4.69) is 5.32 Å². The van der Waals surface area contributed by atoms with Gasteiger partial charge >= 0.3 is 6.03 Å². The van der Waals surface area contributed by atoms with Crippen molar-refractivity contribution in [2.45, 2.75) is 37.8 Å². The number of alkyl halides is 2. The molecule has 2 atom stereocenters. The zero-order valence-electron chi connectivity index (χ0n) is 14.2. The van der Waals surface area contributed by atoms with Crippen LogP contribution in [0.3, 0.4) is 0 Å². The molecule has 1 aliphatic rings. The fraction of sp³-hybridized carbons (Fsp3) is 0.471. The van der Waals surface area contributed by atoms with Crippen molar-refractivity contribution in [2.75, 3.05) is 12.8 Å². The normalized spacial score (nSPS) is 21.9. The van der Waals surface area contributed by atoms with Crippen LogP contribution in [0.1, 0.15) is 32.8 Å². The van der Waals surface area contributed by atoms with E-state index in [-0.39, 0.29) is 7.97 Å². The zero-order valence-corrected chi connectivity index (χ0v) is 15.0. The van der Waals surface area contributed by atoms with E-state index in [1.807, 2.05) is 0 Å². The lowest BCUT2D eigenvalue weighted by Gasteiger charge is -2.39. The molecule has 1 aromatic rings. The standard InChI is InChI=1S/C17H22F2N2O3S.H2/c1-13(8-11-25(2,23)24)20-16(22)21-10-9-17(18,19)12-15(21)14-6-4-3-5-7-14;/h3-8,11,13,15H,9-10,12H2,1-2H3,(H,20,22);1H/b11-8+;/t13-,15+;/m0./s1. The van der Waals surface area contributed by atoms with Gasteiger partial charge in [-0.05, 0) is 12.5 Å². The third-order valence-corrected chi connectivity index (χ3v) is 4.65. The monoisotopic (exact) mass is 374 g/mol. The molecule has 0 radical (unpaired) electrons. The van der Waals surface area contributed by atoms with Gasteiger partial charge in [0.2, 0.25) is 0 Å². The fourth-order valence-corrected chi connectivity index (χ4v) is 3.26. The van der Waals surface area contributed by atoms with Gasteiger partial charge in [-0.3, -0.25) is 0 Å². The first-order valence-electron chi connectivity index (χ1n) is 7.95. The molecule has 2 rings (SSSR count). The van der Waals surface area contributed by atoms with Gasteiger partial charge in [0.25, 0.3) is 5.92 Å². The lowest BCUT2D eigenvalue weighted by molar-refractivity contribution is -0.0682. The van der Waals surface area contributed by atoms with Crippen LogP contribution in [0.5, 0.6) is 0 Å². The average Bonchev–Trinajstić information content (AvgIpc) is 2.52. The van der Waals surface area contributed by atoms with Gasteiger partial charge in [-0.15, -0.1) is 0 Å². The zero-order chi connectivity index (χ0) is 18.7. The number of sulfone groups is 1. The highest BCUT2D eigenvalue weighted by atomic mass is 32.2. The Hall–Kier alpha value is -1.96. The van der Waals surface area contributed by atoms with Crippen molar-refractivity contribution in [3.8, 4) is 0 Å². The van der Waals surface area contributed by atoms with Crippen LogP contribution in [-0.2, 0) is 9.84 Å². The number of hydrogen-bond donors (Lipinski definition) is 1. The maximum Gasteiger partial charge on any atom is 0.318 e. The van der Waals surface area contributed by atoms with Crippen LogP contribution >= 0.6 is 0 Å². The highest BCUT2D eigenvalue weighted by Gasteiger charge is 2.42. The summed E-state index contributed by atoms with van der Waals surface area (Å²) in [4.78, 5) is 13.9. The third-order valence-electron chi connectivity index (χ3n) is 4.00. The lowest BCUT2D eigenvalue weighted by Crippen LogP contribution is -2.50. The molecule has 0 aromatic heterocycles. The van der Waals surface area contributed by atoms with Crippen LogP contribution < -0.4 is 5.32 Å². The summed E-state index contributed by atoms with van der Waals surface area (Å²) in [5.74, 6) is -2.82. The summed E-state index contributed by atoms with van der Waals surface area (Å²) < 4.78 is 50.0. The number of benzene rings is 1. The van der Waals surface area contributed by atoms with Crippen LogP contribution in [0, 0.1) is 0 Å². The second-order valence-electron chi connectivity index (χ2n) is 6.33. The molecular formula is C17H24F2N2O3S. The van der Waals surface area contributed by atoms with Gasteiger partial charge in [0.15, 0.2) is 9.84 Å². The number of nitrogens with zero attached hydrogens (tertiary/aromatic N) is 1. The maximum absolute atomic E-state index is 13.9. The molecule has 0 aliphatic carbocycles. The largest absolute Gasteiger partial charge is 0.332 e. The summed E-state index contributed by atoms with van der Waals surface area (Å²) in [7, 11) is -3.29. The predicted octanol–water partition coefficient (Wildman–Crippen LogP) is 3.36. The first-order chi connectivity index (χ1) is 11.6. The fourth-order valence-electron chi connectivity index (χ4n) is 2.74. The quantitative estimate of drug-likeness (QED) is 0.879. The molecule has 1 fully saturated rings. The maximum atomic E-state index is 13.9. The first kappa shape index (κ1) is 19.4. The molecular weight excluding hydrogens is 350 g/mol. The molecule has 140 valence electrons. The van der Waals surface area contributed by atoms with Gasteiger partial charge < -0.3 is 10.2 Å². The number of halogens is 2. The Bertz CT molecular complexity index is 742. The summed E-state index contributed by atoms with van der Waals surface area (Å²) in [5, 5.41) is 3.65. The van der Waals surface area contributed by atoms with E-state index < -0.39 is 46.7 Å². The molecule has 8 heteroatoms. The van der Waals surface area contributed by atoms with Crippen LogP contribution in [0.25, 0.3) is 0 Å². The number of piperidine rings is 1. The Kier molecular flexibility index (Phi) is 5.82. The van der Waals surface area contributed by atoms with E-state index in [1.165, 1.54) is 11.0 Å². The molecule has 1 aliphatic heterocycles. The first-order valence-corrected chi connectivity index (χ1v) is 9.91. The van der Waals surface area contributed by atoms with Gasteiger partial charge in [0.05, 0.1) is 6.04 Å². The van der Waals surface area contributed by atoms with Crippen molar-refractivity contribution >= 4 is 15.9 Å². The predicted molar refractivity (Wildman–Crippen MR) is 94.2 cm³/mol. The number of nitrogens with one attached hydrogen (secondary N) is 1. The minimum Gasteiger partial charge on any atom is -0.332 e. The molecule has 2 amide bonds. The number of urea groups is 1. The van der Waals surface area contributed by atoms with E-state index >= 15 is 0 Å². The minimum atomic E-state index is -3.29. The molecule has 1 saturated heterocycles. The van der Waals surface area contributed by atoms with Gasteiger partial charge in [0.1, 0.15) is 0 Å². The smallest absolute Gasteiger partial charge is 0.318 e. The van der Waals surface area contributed by atoms with Crippen LogP contribution in [-0.4, -0.2) is 44.1 Å². The van der Waals surface area contributed by atoms with Crippen molar-refractivity contribution in [2.24, 2.45) is 0 Å². The number of amides is 2. The van der Waals surface area contributed by atoms with Crippen molar-refractivity contribution < 1.29 is 23.4 Å². The number of rotatable bonds is 4. The van der Waals surface area contributed by atoms with Crippen molar-refractivity contribution in [3.63, 3.8) is 0 Å². The molecule has 1 aromatic carbocycles. The number of likely N-dealkylation sites (tertiary alicyclic amines) is 1. The van der Waals surface area contributed by atoms with Crippen LogP contribution in [0.2, 0.25) is 0 Å². The highest BCUT2D eigenvalue weighted by molar-refractivity contribution is 7.93. The second-order valence-corrected chi connectivity index (χ2v) is 8.26. The van der Waals surface area contributed by atoms with Gasteiger partial charge in [-0.25, -0.2) is 22.0 Å². The summed E-state index contributed by atoms with van der Waals surface area (Å²) in [6, 6.07) is 6.96. The molecule has 1 heterocycles. The SMILES string of the molecule is C[C@@H](/C=C/S(C)(=O)=O)NC(=O)N1CCC(F)(F)C[C@@H]1c1ccccc1.[HH]. The van der Waals surface area contributed by atoms with E-state index in [0.717, 1.165) is 11.7 Å². The topological polar surface area (TPSA) is 66.5 Å². The molecule has 0 unspecified atom stereocenters. The Morgan fingerprint density at radius 2 is 2.04 bits per heavy atom. The number of carbonyl (C=O) groups is 1. The molecule has 5 nitrogen and oxygen atoms in total. The Morgan fingerprint density at radius 3 is 2.64 bits per heavy atom. The third kappa shape index (κ3) is 5.81. The summed E-state index contributed by atoms with van der Waals surface area (Å²) >= 11 is 0. The van der Waals surface area contributed by atoms with Gasteiger partial charge in [0, 0.05) is 38.5 Å². The summed E-state index contributed by atoms with van der Waals surface area (Å²) in [6.45, 7) is 1.55. The Morgan fingerprint density at radius 1 is 1.40 bits per heavy atom. The number of hydrogen-bond acceptors (Lipinski definition) is 3. The average molecular weight is 374 g/mol. The highest BCUT2D eigenvalue weighted by Crippen LogP contribution is 2.39. The van der Waals surface area contributed by atoms with Crippen molar-refractivity contribution in [1.29, 1.82) is 0 Å². The van der Waals surface area contributed by atoms with Crippen LogP contribution in [0.15, 0.2) is 41.8 Å². The second kappa shape index (κ2) is 7.51. The molecule has 0 spiro atoms. The van der Waals surface area contributed by atoms with Gasteiger partial charge in [-0.1, -0.05) is 36.4 Å². The van der Waals surface area contributed by atoms with E-state index in [4.69, 9.17) is 0 Å². The number of carbonyl (C=O) groups excluding carboxylic acids is 1. The van der Waals surface area contributed by atoms with E-state index in [1.54, 1.807) is 37.3 Å². The molecule has 0 saturated carbocycles. The van der Waals surface area contributed by atoms with E-state index in [0.29, 0.717) is 5.56 Å². The van der Waals surface area contributed by atoms with Gasteiger partial charge in [-0.2, -0.15) is 0 Å². The van der Waals surface area contributed by atoms with Crippen molar-refractivity contribution in [3.05, 3.63) is 47.4 Å². The summed E-state index contributed by atoms with van der Waals surface area (Å²) in [5.41, 5.74) is 0.649. The lowest BCUT2D eigenvalue weighted by atomic mass is 9.93. The molecule has 0 bridgehead atoms. The van der Waals surface area contributed by atoms with Crippen LogP contribution in [0.4, 0.5) is 13.6 Å². The molecule has 1 N–H and O–H groups in total. The Balaban J connectivity index is 0.00000338. The minimum absolute atomic E-state index is 0.